The Bertz CT molecular complexity index is 404. The molecule has 126 valence electrons. The number of nitrogens with zero attached hydrogens (tertiary/aromatic N) is 1. The average molecular weight is 311 g/mol. The van der Waals surface area contributed by atoms with Crippen molar-refractivity contribution in [3.63, 3.8) is 0 Å². The second-order valence-corrected chi connectivity index (χ2v) is 6.28. The average Bonchev–Trinajstić information content (AvgIpc) is 2.55. The zero-order valence-electron chi connectivity index (χ0n) is 14.3. The number of esters is 2. The standard InChI is InChI=1S/C17H29NO4/c1-5-16(6-2)13-9-11-18(12-10-13)17(16,14(19)21-7-3)15(20)22-8-4/h13H,5-12H2,1-4H3. The van der Waals surface area contributed by atoms with Crippen LogP contribution in [0.2, 0.25) is 0 Å². The molecule has 3 aliphatic heterocycles. The van der Waals surface area contributed by atoms with E-state index in [0.29, 0.717) is 5.92 Å². The van der Waals surface area contributed by atoms with Crippen LogP contribution >= 0.6 is 0 Å². The third kappa shape index (κ3) is 2.08. The van der Waals surface area contributed by atoms with Gasteiger partial charge < -0.3 is 9.47 Å². The third-order valence-electron chi connectivity index (χ3n) is 5.87. The fourth-order valence-corrected chi connectivity index (χ4v) is 4.94. The summed E-state index contributed by atoms with van der Waals surface area (Å²) in [6.45, 7) is 9.83. The van der Waals surface area contributed by atoms with Crippen LogP contribution < -0.4 is 0 Å². The number of rotatable bonds is 6. The number of hydrogen-bond donors (Lipinski definition) is 0. The van der Waals surface area contributed by atoms with Gasteiger partial charge in [0.15, 0.2) is 0 Å². The summed E-state index contributed by atoms with van der Waals surface area (Å²) in [5, 5.41) is 0. The lowest BCUT2D eigenvalue weighted by molar-refractivity contribution is -0.214. The largest absolute Gasteiger partial charge is 0.464 e. The molecule has 0 aromatic heterocycles. The molecule has 0 unspecified atom stereocenters. The summed E-state index contributed by atoms with van der Waals surface area (Å²) in [7, 11) is 0. The highest BCUT2D eigenvalue weighted by Crippen LogP contribution is 2.57. The molecule has 0 radical (unpaired) electrons. The van der Waals surface area contributed by atoms with Crippen LogP contribution in [0.25, 0.3) is 0 Å². The molecule has 3 fully saturated rings. The molecule has 5 nitrogen and oxygen atoms in total. The van der Waals surface area contributed by atoms with Crippen molar-refractivity contribution in [2.24, 2.45) is 11.3 Å². The van der Waals surface area contributed by atoms with Gasteiger partial charge in [0.25, 0.3) is 0 Å². The van der Waals surface area contributed by atoms with E-state index in [1.165, 1.54) is 0 Å². The quantitative estimate of drug-likeness (QED) is 0.557. The molecule has 5 heteroatoms. The Kier molecular flexibility index (Phi) is 5.15. The lowest BCUT2D eigenvalue weighted by Gasteiger charge is -2.62. The van der Waals surface area contributed by atoms with E-state index in [-0.39, 0.29) is 18.6 Å². The van der Waals surface area contributed by atoms with Gasteiger partial charge in [-0.2, -0.15) is 0 Å². The topological polar surface area (TPSA) is 55.8 Å². The summed E-state index contributed by atoms with van der Waals surface area (Å²) in [4.78, 5) is 28.0. The lowest BCUT2D eigenvalue weighted by atomic mass is 9.52. The Hall–Kier alpha value is -1.10. The van der Waals surface area contributed by atoms with Crippen molar-refractivity contribution in [3.05, 3.63) is 0 Å². The maximum Gasteiger partial charge on any atom is 0.338 e. The monoisotopic (exact) mass is 311 g/mol. The van der Waals surface area contributed by atoms with Crippen LogP contribution in [0.3, 0.4) is 0 Å². The van der Waals surface area contributed by atoms with E-state index < -0.39 is 17.5 Å². The molecule has 0 aromatic carbocycles. The van der Waals surface area contributed by atoms with E-state index in [2.05, 4.69) is 13.8 Å². The number of carbonyl (C=O) groups is 2. The molecule has 0 spiro atoms. The second-order valence-electron chi connectivity index (χ2n) is 6.28. The third-order valence-corrected chi connectivity index (χ3v) is 5.87. The molecule has 3 rings (SSSR count). The van der Waals surface area contributed by atoms with Crippen molar-refractivity contribution in [2.75, 3.05) is 26.3 Å². The van der Waals surface area contributed by atoms with E-state index in [1.807, 2.05) is 4.90 Å². The minimum absolute atomic E-state index is 0.280. The maximum atomic E-state index is 13.0. The fraction of sp³-hybridized carbons (Fsp3) is 0.882. The van der Waals surface area contributed by atoms with E-state index in [0.717, 1.165) is 38.8 Å². The molecule has 0 aromatic rings. The number of carbonyl (C=O) groups excluding carboxylic acids is 2. The Balaban J connectivity index is 2.60. The van der Waals surface area contributed by atoms with Crippen LogP contribution in [0.1, 0.15) is 53.4 Å². The smallest absolute Gasteiger partial charge is 0.338 e. The van der Waals surface area contributed by atoms with Crippen LogP contribution in [0.4, 0.5) is 0 Å². The predicted molar refractivity (Wildman–Crippen MR) is 83.3 cm³/mol. The molecular weight excluding hydrogens is 282 g/mol. The molecule has 3 saturated heterocycles. The summed E-state index contributed by atoms with van der Waals surface area (Å²) >= 11 is 0. The minimum Gasteiger partial charge on any atom is -0.464 e. The van der Waals surface area contributed by atoms with Gasteiger partial charge in [-0.15, -0.1) is 0 Å². The molecule has 22 heavy (non-hydrogen) atoms. The van der Waals surface area contributed by atoms with Crippen LogP contribution in [0.15, 0.2) is 0 Å². The van der Waals surface area contributed by atoms with Crippen molar-refractivity contribution in [1.82, 2.24) is 4.90 Å². The highest BCUT2D eigenvalue weighted by atomic mass is 16.6. The van der Waals surface area contributed by atoms with E-state index in [1.54, 1.807) is 13.8 Å². The summed E-state index contributed by atoms with van der Waals surface area (Å²) in [5.74, 6) is -0.454. The number of ether oxygens (including phenoxy) is 2. The molecule has 0 aliphatic carbocycles. The zero-order chi connectivity index (χ0) is 16.4. The van der Waals surface area contributed by atoms with Gasteiger partial charge in [0, 0.05) is 18.5 Å². The van der Waals surface area contributed by atoms with Crippen molar-refractivity contribution in [3.8, 4) is 0 Å². The van der Waals surface area contributed by atoms with Gasteiger partial charge in [-0.1, -0.05) is 13.8 Å². The minimum atomic E-state index is -1.26. The molecule has 3 heterocycles. The number of hydrogen-bond acceptors (Lipinski definition) is 5. The highest BCUT2D eigenvalue weighted by Gasteiger charge is 2.71. The van der Waals surface area contributed by atoms with Gasteiger partial charge >= 0.3 is 11.9 Å². The summed E-state index contributed by atoms with van der Waals surface area (Å²) in [6, 6.07) is 0. The van der Waals surface area contributed by atoms with Crippen molar-refractivity contribution in [1.29, 1.82) is 0 Å². The Labute approximate surface area is 133 Å². The summed E-state index contributed by atoms with van der Waals surface area (Å²) in [5.41, 5.74) is -1.65. The summed E-state index contributed by atoms with van der Waals surface area (Å²) < 4.78 is 10.8. The first-order chi connectivity index (χ1) is 10.5. The fourth-order valence-electron chi connectivity index (χ4n) is 4.94. The van der Waals surface area contributed by atoms with Gasteiger partial charge in [0.1, 0.15) is 0 Å². The van der Waals surface area contributed by atoms with Crippen LogP contribution in [-0.4, -0.2) is 48.7 Å². The van der Waals surface area contributed by atoms with Crippen molar-refractivity contribution >= 4 is 11.9 Å². The van der Waals surface area contributed by atoms with Crippen molar-refractivity contribution < 1.29 is 19.1 Å². The predicted octanol–water partition coefficient (Wildman–Crippen LogP) is 2.38. The lowest BCUT2D eigenvalue weighted by Crippen LogP contribution is -2.77. The molecule has 3 aliphatic rings. The molecule has 0 N–H and O–H groups in total. The SMILES string of the molecule is CCOC(=O)C1(C(=O)OCC)N2CCC(CC2)C1(CC)CC. The Morgan fingerprint density at radius 3 is 1.77 bits per heavy atom. The molecule has 2 bridgehead atoms. The first-order valence-electron chi connectivity index (χ1n) is 8.64. The van der Waals surface area contributed by atoms with Gasteiger partial charge in [-0.3, -0.25) is 4.90 Å². The van der Waals surface area contributed by atoms with Crippen LogP contribution in [-0.2, 0) is 19.1 Å². The maximum absolute atomic E-state index is 13.0. The first kappa shape index (κ1) is 17.3. The van der Waals surface area contributed by atoms with Crippen LogP contribution in [0, 0.1) is 11.3 Å². The van der Waals surface area contributed by atoms with Gasteiger partial charge in [-0.05, 0) is 45.4 Å². The zero-order valence-corrected chi connectivity index (χ0v) is 14.3. The number of fused-ring (bicyclic) bond motifs is 3. The van der Waals surface area contributed by atoms with Crippen LogP contribution in [0.5, 0.6) is 0 Å². The van der Waals surface area contributed by atoms with Gasteiger partial charge in [0.2, 0.25) is 5.54 Å². The van der Waals surface area contributed by atoms with Gasteiger partial charge in [-0.25, -0.2) is 9.59 Å². The number of piperidine rings is 3. The molecule has 0 amide bonds. The van der Waals surface area contributed by atoms with Gasteiger partial charge in [0.05, 0.1) is 13.2 Å². The Morgan fingerprint density at radius 2 is 1.41 bits per heavy atom. The second kappa shape index (κ2) is 6.57. The highest BCUT2D eigenvalue weighted by molar-refractivity contribution is 6.06. The normalized spacial score (nSPS) is 28.2. The van der Waals surface area contributed by atoms with E-state index >= 15 is 0 Å². The van der Waals surface area contributed by atoms with E-state index in [9.17, 15) is 9.59 Å². The molecular formula is C17H29NO4. The first-order valence-corrected chi connectivity index (χ1v) is 8.64. The van der Waals surface area contributed by atoms with E-state index in [4.69, 9.17) is 9.47 Å². The Morgan fingerprint density at radius 1 is 0.955 bits per heavy atom. The summed E-state index contributed by atoms with van der Waals surface area (Å²) in [6.07, 6.45) is 3.65. The molecule has 0 saturated carbocycles. The molecule has 0 atom stereocenters. The van der Waals surface area contributed by atoms with Crippen molar-refractivity contribution in [2.45, 2.75) is 58.9 Å².